The molecule has 2 N–H and O–H groups in total. The summed E-state index contributed by atoms with van der Waals surface area (Å²) in [4.78, 5) is 11.8. The molecule has 0 bridgehead atoms. The highest BCUT2D eigenvalue weighted by atomic mass is 35.5. The van der Waals surface area contributed by atoms with Gasteiger partial charge in [-0.15, -0.1) is 12.4 Å². The Balaban J connectivity index is 0.00000324. The summed E-state index contributed by atoms with van der Waals surface area (Å²) in [5, 5.41) is 6.05. The third kappa shape index (κ3) is 5.28. The van der Waals surface area contributed by atoms with Crippen molar-refractivity contribution in [3.63, 3.8) is 0 Å². The smallest absolute Gasteiger partial charge is 0.240 e. The van der Waals surface area contributed by atoms with Crippen molar-refractivity contribution in [3.05, 3.63) is 0 Å². The van der Waals surface area contributed by atoms with Gasteiger partial charge in [0.25, 0.3) is 0 Å². The number of halogens is 1. The van der Waals surface area contributed by atoms with Gasteiger partial charge >= 0.3 is 0 Å². The molecule has 0 aliphatic carbocycles. The van der Waals surface area contributed by atoms with Crippen LogP contribution in [0.25, 0.3) is 0 Å². The summed E-state index contributed by atoms with van der Waals surface area (Å²) >= 11 is 0. The van der Waals surface area contributed by atoms with E-state index in [1.54, 1.807) is 0 Å². The molecule has 1 atom stereocenters. The van der Waals surface area contributed by atoms with Gasteiger partial charge in [-0.05, 0) is 52.1 Å². The molecule has 0 aromatic heterocycles. The molecule has 1 aliphatic rings. The third-order valence-electron chi connectivity index (χ3n) is 3.71. The summed E-state index contributed by atoms with van der Waals surface area (Å²) in [7, 11) is -3.38. The molecule has 7 heteroatoms. The number of hydrogen-bond donors (Lipinski definition) is 2. The molecule has 1 fully saturated rings. The molecule has 1 amide bonds. The zero-order valence-corrected chi connectivity index (χ0v) is 13.5. The number of hydrogen-bond acceptors (Lipinski definition) is 4. The highest BCUT2D eigenvalue weighted by Crippen LogP contribution is 2.16. The monoisotopic (exact) mass is 312 g/mol. The van der Waals surface area contributed by atoms with E-state index in [0.717, 1.165) is 25.8 Å². The maximum atomic E-state index is 11.8. The molecule has 114 valence electrons. The maximum absolute atomic E-state index is 11.8. The lowest BCUT2D eigenvalue weighted by Gasteiger charge is -2.24. The summed E-state index contributed by atoms with van der Waals surface area (Å²) in [6.07, 6.45) is 4.35. The SMILES string of the molecule is CC(C)(C(=O)NCCC1CCCNC1)S(C)(=O)=O.Cl. The van der Waals surface area contributed by atoms with Gasteiger partial charge in [-0.3, -0.25) is 4.79 Å². The van der Waals surface area contributed by atoms with Crippen molar-refractivity contribution in [2.45, 2.75) is 37.9 Å². The average molecular weight is 313 g/mol. The van der Waals surface area contributed by atoms with E-state index in [0.29, 0.717) is 12.5 Å². The standard InChI is InChI=1S/C12H24N2O3S.ClH/c1-12(2,18(3,16)17)11(15)14-8-6-10-5-4-7-13-9-10;/h10,13H,4-9H2,1-3H3,(H,14,15);1H. The zero-order valence-electron chi connectivity index (χ0n) is 11.9. The van der Waals surface area contributed by atoms with Crippen LogP contribution in [0, 0.1) is 5.92 Å². The minimum Gasteiger partial charge on any atom is -0.355 e. The van der Waals surface area contributed by atoms with Crippen LogP contribution in [-0.2, 0) is 14.6 Å². The van der Waals surface area contributed by atoms with Crippen LogP contribution in [0.3, 0.4) is 0 Å². The highest BCUT2D eigenvalue weighted by Gasteiger charge is 2.38. The van der Waals surface area contributed by atoms with Crippen molar-refractivity contribution in [1.29, 1.82) is 0 Å². The second kappa shape index (κ2) is 7.45. The van der Waals surface area contributed by atoms with Gasteiger partial charge in [-0.2, -0.15) is 0 Å². The number of carbonyl (C=O) groups excluding carboxylic acids is 1. The van der Waals surface area contributed by atoms with Crippen LogP contribution in [0.4, 0.5) is 0 Å². The van der Waals surface area contributed by atoms with E-state index in [4.69, 9.17) is 0 Å². The summed E-state index contributed by atoms with van der Waals surface area (Å²) in [5.41, 5.74) is 0. The molecule has 1 saturated heterocycles. The Hall–Kier alpha value is -0.330. The minimum absolute atomic E-state index is 0. The molecule has 1 heterocycles. The van der Waals surface area contributed by atoms with Crippen LogP contribution in [0.15, 0.2) is 0 Å². The van der Waals surface area contributed by atoms with E-state index in [2.05, 4.69) is 10.6 Å². The van der Waals surface area contributed by atoms with Crippen LogP contribution in [-0.4, -0.2) is 45.0 Å². The predicted molar refractivity (Wildman–Crippen MR) is 79.4 cm³/mol. The Bertz CT molecular complexity index is 390. The fourth-order valence-electron chi connectivity index (χ4n) is 1.94. The van der Waals surface area contributed by atoms with Gasteiger partial charge in [-0.25, -0.2) is 8.42 Å². The Morgan fingerprint density at radius 1 is 1.42 bits per heavy atom. The Morgan fingerprint density at radius 2 is 2.05 bits per heavy atom. The van der Waals surface area contributed by atoms with E-state index in [1.807, 2.05) is 0 Å². The predicted octanol–water partition coefficient (Wildman–Crippen LogP) is 0.737. The molecule has 1 aliphatic heterocycles. The largest absolute Gasteiger partial charge is 0.355 e. The van der Waals surface area contributed by atoms with Gasteiger partial charge in [0, 0.05) is 12.8 Å². The minimum atomic E-state index is -3.38. The topological polar surface area (TPSA) is 75.3 Å². The summed E-state index contributed by atoms with van der Waals surface area (Å²) in [6.45, 7) is 5.50. The number of piperidine rings is 1. The molecule has 0 spiro atoms. The molecule has 0 aromatic rings. The van der Waals surface area contributed by atoms with E-state index in [9.17, 15) is 13.2 Å². The van der Waals surface area contributed by atoms with Crippen molar-refractivity contribution in [1.82, 2.24) is 10.6 Å². The van der Waals surface area contributed by atoms with E-state index < -0.39 is 20.5 Å². The van der Waals surface area contributed by atoms with Crippen LogP contribution >= 0.6 is 12.4 Å². The van der Waals surface area contributed by atoms with Crippen LogP contribution < -0.4 is 10.6 Å². The van der Waals surface area contributed by atoms with Gasteiger partial charge in [0.05, 0.1) is 0 Å². The van der Waals surface area contributed by atoms with Gasteiger partial charge in [0.15, 0.2) is 9.84 Å². The van der Waals surface area contributed by atoms with Crippen LogP contribution in [0.1, 0.15) is 33.1 Å². The molecule has 1 rings (SSSR count). The number of rotatable bonds is 5. The van der Waals surface area contributed by atoms with Crippen molar-refractivity contribution in [2.75, 3.05) is 25.9 Å². The first kappa shape index (κ1) is 18.7. The number of amides is 1. The summed E-state index contributed by atoms with van der Waals surface area (Å²) in [5.74, 6) is 0.175. The lowest BCUT2D eigenvalue weighted by atomic mass is 9.96. The maximum Gasteiger partial charge on any atom is 0.240 e. The lowest BCUT2D eigenvalue weighted by molar-refractivity contribution is -0.122. The second-order valence-corrected chi connectivity index (χ2v) is 8.10. The van der Waals surface area contributed by atoms with E-state index in [-0.39, 0.29) is 12.4 Å². The zero-order chi connectivity index (χ0) is 13.8. The number of sulfone groups is 1. The Labute approximate surface area is 122 Å². The van der Waals surface area contributed by atoms with Gasteiger partial charge in [0.2, 0.25) is 5.91 Å². The average Bonchev–Trinajstić information content (AvgIpc) is 2.28. The van der Waals surface area contributed by atoms with Crippen molar-refractivity contribution >= 4 is 28.2 Å². The van der Waals surface area contributed by atoms with E-state index >= 15 is 0 Å². The fourth-order valence-corrected chi connectivity index (χ4v) is 2.35. The Morgan fingerprint density at radius 3 is 2.53 bits per heavy atom. The van der Waals surface area contributed by atoms with Crippen molar-refractivity contribution < 1.29 is 13.2 Å². The Kier molecular flexibility index (Phi) is 7.32. The van der Waals surface area contributed by atoms with Crippen molar-refractivity contribution in [3.8, 4) is 0 Å². The van der Waals surface area contributed by atoms with Crippen molar-refractivity contribution in [2.24, 2.45) is 5.92 Å². The van der Waals surface area contributed by atoms with Crippen LogP contribution in [0.5, 0.6) is 0 Å². The first-order valence-electron chi connectivity index (χ1n) is 6.44. The molecule has 5 nitrogen and oxygen atoms in total. The van der Waals surface area contributed by atoms with Gasteiger partial charge in [-0.1, -0.05) is 0 Å². The third-order valence-corrected chi connectivity index (χ3v) is 5.75. The highest BCUT2D eigenvalue weighted by molar-refractivity contribution is 7.92. The molecule has 19 heavy (non-hydrogen) atoms. The summed E-state index contributed by atoms with van der Waals surface area (Å²) in [6, 6.07) is 0. The lowest BCUT2D eigenvalue weighted by Crippen LogP contribution is -2.48. The molecule has 0 saturated carbocycles. The molecule has 0 radical (unpaired) electrons. The van der Waals surface area contributed by atoms with Gasteiger partial charge < -0.3 is 10.6 Å². The number of carbonyl (C=O) groups is 1. The van der Waals surface area contributed by atoms with Gasteiger partial charge in [0.1, 0.15) is 4.75 Å². The molecular weight excluding hydrogens is 288 g/mol. The first-order valence-corrected chi connectivity index (χ1v) is 8.33. The normalized spacial score (nSPS) is 20.5. The molecular formula is C12H25ClN2O3S. The quantitative estimate of drug-likeness (QED) is 0.785. The molecule has 0 aromatic carbocycles. The fraction of sp³-hybridized carbons (Fsp3) is 0.917. The summed E-state index contributed by atoms with van der Waals surface area (Å²) < 4.78 is 21.6. The van der Waals surface area contributed by atoms with Crippen LogP contribution in [0.2, 0.25) is 0 Å². The first-order chi connectivity index (χ1) is 8.25. The number of nitrogens with one attached hydrogen (secondary N) is 2. The second-order valence-electron chi connectivity index (χ2n) is 5.54. The molecule has 1 unspecified atom stereocenters. The van der Waals surface area contributed by atoms with E-state index in [1.165, 1.54) is 26.7 Å².